The van der Waals surface area contributed by atoms with Crippen LogP contribution in [0.3, 0.4) is 0 Å². The Morgan fingerprint density at radius 2 is 1.44 bits per heavy atom. The van der Waals surface area contributed by atoms with Crippen molar-refractivity contribution < 1.29 is 0 Å². The maximum absolute atomic E-state index is 4.28. The fourth-order valence-electron chi connectivity index (χ4n) is 2.47. The van der Waals surface area contributed by atoms with E-state index in [1.165, 1.54) is 0 Å². The van der Waals surface area contributed by atoms with Gasteiger partial charge in [-0.25, -0.2) is 24.9 Å². The van der Waals surface area contributed by atoms with Crippen molar-refractivity contribution in [2.24, 2.45) is 0 Å². The van der Waals surface area contributed by atoms with Crippen LogP contribution >= 0.6 is 11.3 Å². The lowest BCUT2D eigenvalue weighted by molar-refractivity contribution is 0.824. The second kappa shape index (κ2) is 7.57. The molecule has 4 aromatic rings. The van der Waals surface area contributed by atoms with E-state index >= 15 is 0 Å². The summed E-state index contributed by atoms with van der Waals surface area (Å²) in [5, 5.41) is 0. The monoisotopic (exact) mass is 352 g/mol. The Balaban J connectivity index is 0.000000146. The molecule has 0 bridgehead atoms. The molecule has 0 aromatic carbocycles. The molecule has 128 valence electrons. The molecule has 4 heterocycles. The van der Waals surface area contributed by atoms with Crippen LogP contribution in [-0.2, 0) is 0 Å². The van der Waals surface area contributed by atoms with E-state index in [0.29, 0.717) is 11.8 Å². The molecule has 0 aliphatic heterocycles. The lowest BCUT2D eigenvalue weighted by Crippen LogP contribution is -1.96. The Labute approximate surface area is 150 Å². The lowest BCUT2D eigenvalue weighted by atomic mass is 10.1. The highest BCUT2D eigenvalue weighted by molar-refractivity contribution is 7.16. The second-order valence-corrected chi connectivity index (χ2v) is 7.04. The first-order chi connectivity index (χ1) is 12.1. The fraction of sp³-hybridized carbons (Fsp3) is 0.333. The van der Waals surface area contributed by atoms with Gasteiger partial charge in [-0.05, 0) is 24.0 Å². The number of nitrogens with zero attached hydrogens (tertiary/aromatic N) is 6. The van der Waals surface area contributed by atoms with Crippen LogP contribution in [0, 0.1) is 0 Å². The average Bonchev–Trinajstić information content (AvgIpc) is 3.10. The Hall–Kier alpha value is -2.54. The highest BCUT2D eigenvalue weighted by Gasteiger charge is 2.09. The number of hydrogen-bond acceptors (Lipinski definition) is 7. The molecular formula is C18H20N6S. The quantitative estimate of drug-likeness (QED) is 0.533. The van der Waals surface area contributed by atoms with Crippen molar-refractivity contribution >= 4 is 32.7 Å². The zero-order valence-corrected chi connectivity index (χ0v) is 15.5. The van der Waals surface area contributed by atoms with Crippen LogP contribution < -0.4 is 0 Å². The minimum atomic E-state index is 0.389. The third kappa shape index (κ3) is 3.76. The van der Waals surface area contributed by atoms with Gasteiger partial charge in [0.15, 0.2) is 0 Å². The maximum atomic E-state index is 4.28. The first-order valence-electron chi connectivity index (χ1n) is 8.17. The van der Waals surface area contributed by atoms with Gasteiger partial charge in [0.05, 0.1) is 22.4 Å². The van der Waals surface area contributed by atoms with Gasteiger partial charge >= 0.3 is 0 Å². The van der Waals surface area contributed by atoms with Crippen LogP contribution in [-0.4, -0.2) is 29.9 Å². The maximum Gasteiger partial charge on any atom is 0.146 e. The predicted octanol–water partition coefficient (Wildman–Crippen LogP) is 4.36. The Bertz CT molecular complexity index is 974. The molecule has 6 nitrogen and oxygen atoms in total. The molecular weight excluding hydrogens is 332 g/mol. The van der Waals surface area contributed by atoms with Crippen molar-refractivity contribution in [3.63, 3.8) is 0 Å². The summed E-state index contributed by atoms with van der Waals surface area (Å²) in [5.41, 5.74) is 6.66. The summed E-state index contributed by atoms with van der Waals surface area (Å²) < 4.78 is 0. The van der Waals surface area contributed by atoms with E-state index in [1.54, 1.807) is 30.2 Å². The zero-order chi connectivity index (χ0) is 17.8. The standard InChI is InChI=1S/C10H11N3.C8H9N3S/c1-7(2)9-10-8(12-6-13-9)4-3-5-11-10;1-5(2)6-7-8(10-3-9-6)12-4-11-7/h3-7H,1-2H3;3-5H,1-2H3. The van der Waals surface area contributed by atoms with Crippen molar-refractivity contribution in [1.82, 2.24) is 29.9 Å². The van der Waals surface area contributed by atoms with E-state index in [1.807, 2.05) is 17.6 Å². The number of aromatic nitrogens is 6. The van der Waals surface area contributed by atoms with Gasteiger partial charge in [-0.2, -0.15) is 0 Å². The van der Waals surface area contributed by atoms with E-state index in [-0.39, 0.29) is 0 Å². The second-order valence-electron chi connectivity index (χ2n) is 6.20. The summed E-state index contributed by atoms with van der Waals surface area (Å²) in [6, 6.07) is 3.84. The van der Waals surface area contributed by atoms with Gasteiger partial charge in [0, 0.05) is 6.20 Å². The minimum Gasteiger partial charge on any atom is -0.253 e. The molecule has 0 saturated carbocycles. The van der Waals surface area contributed by atoms with Gasteiger partial charge in [0.2, 0.25) is 0 Å². The zero-order valence-electron chi connectivity index (χ0n) is 14.7. The van der Waals surface area contributed by atoms with Gasteiger partial charge in [-0.3, -0.25) is 4.98 Å². The average molecular weight is 352 g/mol. The summed E-state index contributed by atoms with van der Waals surface area (Å²) in [6.07, 6.45) is 4.98. The van der Waals surface area contributed by atoms with Crippen LogP contribution in [0.1, 0.15) is 50.9 Å². The molecule has 0 N–H and O–H groups in total. The summed E-state index contributed by atoms with van der Waals surface area (Å²) in [7, 11) is 0. The molecule has 4 aromatic heterocycles. The predicted molar refractivity (Wildman–Crippen MR) is 101 cm³/mol. The molecule has 0 aliphatic rings. The van der Waals surface area contributed by atoms with E-state index in [9.17, 15) is 0 Å². The first-order valence-corrected chi connectivity index (χ1v) is 9.05. The fourth-order valence-corrected chi connectivity index (χ4v) is 3.10. The normalized spacial score (nSPS) is 11.1. The van der Waals surface area contributed by atoms with Gasteiger partial charge < -0.3 is 0 Å². The highest BCUT2D eigenvalue weighted by atomic mass is 32.1. The number of thiazole rings is 1. The smallest absolute Gasteiger partial charge is 0.146 e. The molecule has 4 rings (SSSR count). The molecule has 0 spiro atoms. The van der Waals surface area contributed by atoms with E-state index in [2.05, 4.69) is 57.6 Å². The van der Waals surface area contributed by atoms with Crippen LogP contribution in [0.5, 0.6) is 0 Å². The summed E-state index contributed by atoms with van der Waals surface area (Å²) in [5.74, 6) is 0.804. The van der Waals surface area contributed by atoms with Gasteiger partial charge in [0.1, 0.15) is 28.5 Å². The Morgan fingerprint density at radius 3 is 2.16 bits per heavy atom. The summed E-state index contributed by atoms with van der Waals surface area (Å²) in [4.78, 5) is 26.2. The number of rotatable bonds is 2. The van der Waals surface area contributed by atoms with Crippen molar-refractivity contribution in [2.75, 3.05) is 0 Å². The molecule has 0 radical (unpaired) electrons. The van der Waals surface area contributed by atoms with Gasteiger partial charge in [0.25, 0.3) is 0 Å². The van der Waals surface area contributed by atoms with Gasteiger partial charge in [-0.1, -0.05) is 27.7 Å². The molecule has 0 fully saturated rings. The molecule has 0 amide bonds. The van der Waals surface area contributed by atoms with Crippen molar-refractivity contribution in [1.29, 1.82) is 0 Å². The highest BCUT2D eigenvalue weighted by Crippen LogP contribution is 2.22. The Morgan fingerprint density at radius 1 is 0.760 bits per heavy atom. The largest absolute Gasteiger partial charge is 0.253 e. The van der Waals surface area contributed by atoms with Crippen LogP contribution in [0.4, 0.5) is 0 Å². The van der Waals surface area contributed by atoms with E-state index in [4.69, 9.17) is 0 Å². The molecule has 0 aliphatic carbocycles. The Kier molecular flexibility index (Phi) is 5.23. The number of pyridine rings is 1. The van der Waals surface area contributed by atoms with Crippen LogP contribution in [0.2, 0.25) is 0 Å². The molecule has 7 heteroatoms. The van der Waals surface area contributed by atoms with Crippen molar-refractivity contribution in [3.8, 4) is 0 Å². The van der Waals surface area contributed by atoms with E-state index in [0.717, 1.165) is 32.8 Å². The molecule has 0 atom stereocenters. The first kappa shape index (κ1) is 17.3. The number of hydrogen-bond donors (Lipinski definition) is 0. The minimum absolute atomic E-state index is 0.389. The third-order valence-corrected chi connectivity index (χ3v) is 4.41. The SMILES string of the molecule is CC(C)c1ncnc2cccnc12.CC(C)c1ncnc2scnc12. The summed E-state index contributed by atoms with van der Waals surface area (Å²) >= 11 is 1.56. The third-order valence-electron chi connectivity index (χ3n) is 3.68. The molecule has 0 saturated heterocycles. The summed E-state index contributed by atoms with van der Waals surface area (Å²) in [6.45, 7) is 8.44. The molecule has 0 unspecified atom stereocenters. The van der Waals surface area contributed by atoms with E-state index < -0.39 is 0 Å². The van der Waals surface area contributed by atoms with Crippen LogP contribution in [0.15, 0.2) is 36.5 Å². The topological polar surface area (TPSA) is 77.3 Å². The lowest BCUT2D eigenvalue weighted by Gasteiger charge is -2.05. The van der Waals surface area contributed by atoms with Crippen molar-refractivity contribution in [2.45, 2.75) is 39.5 Å². The molecule has 25 heavy (non-hydrogen) atoms. The number of fused-ring (bicyclic) bond motifs is 2. The van der Waals surface area contributed by atoms with Crippen molar-refractivity contribution in [3.05, 3.63) is 47.9 Å². The van der Waals surface area contributed by atoms with Crippen LogP contribution in [0.25, 0.3) is 21.4 Å². The van der Waals surface area contributed by atoms with Gasteiger partial charge in [-0.15, -0.1) is 11.3 Å².